The van der Waals surface area contributed by atoms with Crippen molar-refractivity contribution in [2.45, 2.75) is 45.3 Å². The number of thiophene rings is 1. The maximum atomic E-state index is 12.2. The molecular formula is C27H32N2O2S. The lowest BCUT2D eigenvalue weighted by Crippen LogP contribution is -2.33. The van der Waals surface area contributed by atoms with Crippen LogP contribution in [0.3, 0.4) is 0 Å². The van der Waals surface area contributed by atoms with Gasteiger partial charge in [0.15, 0.2) is 0 Å². The molecule has 1 atom stereocenters. The first-order valence-electron chi connectivity index (χ1n) is 11.4. The summed E-state index contributed by atoms with van der Waals surface area (Å²) in [4.78, 5) is 16.6. The Bertz CT molecular complexity index is 992. The molecule has 2 heterocycles. The molecule has 5 heteroatoms. The summed E-state index contributed by atoms with van der Waals surface area (Å²) < 4.78 is 5.99. The number of amides is 1. The Hall–Kier alpha value is -2.63. The van der Waals surface area contributed by atoms with E-state index in [1.165, 1.54) is 35.3 Å². The predicted octanol–water partition coefficient (Wildman–Crippen LogP) is 5.63. The molecule has 0 saturated carbocycles. The van der Waals surface area contributed by atoms with Crippen molar-refractivity contribution in [2.24, 2.45) is 0 Å². The zero-order valence-electron chi connectivity index (χ0n) is 18.9. The first-order chi connectivity index (χ1) is 15.6. The Morgan fingerprint density at radius 3 is 2.44 bits per heavy atom. The van der Waals surface area contributed by atoms with Gasteiger partial charge in [-0.2, -0.15) is 0 Å². The van der Waals surface area contributed by atoms with Crippen molar-refractivity contribution in [1.82, 2.24) is 10.2 Å². The van der Waals surface area contributed by atoms with Crippen LogP contribution in [0.15, 0.2) is 66.7 Å². The summed E-state index contributed by atoms with van der Waals surface area (Å²) in [7, 11) is 0. The van der Waals surface area contributed by atoms with Gasteiger partial charge in [0.25, 0.3) is 5.91 Å². The number of piperidine rings is 1. The third-order valence-electron chi connectivity index (χ3n) is 6.04. The van der Waals surface area contributed by atoms with Crippen molar-refractivity contribution in [3.8, 4) is 5.75 Å². The predicted molar refractivity (Wildman–Crippen MR) is 132 cm³/mol. The van der Waals surface area contributed by atoms with E-state index < -0.39 is 0 Å². The van der Waals surface area contributed by atoms with E-state index in [0.717, 1.165) is 35.1 Å². The molecule has 1 saturated heterocycles. The number of hydrogen-bond acceptors (Lipinski definition) is 4. The van der Waals surface area contributed by atoms with Crippen molar-refractivity contribution in [3.63, 3.8) is 0 Å². The first-order valence-corrected chi connectivity index (χ1v) is 12.3. The molecule has 1 amide bonds. The number of benzene rings is 2. The third kappa shape index (κ3) is 6.21. The van der Waals surface area contributed by atoms with Gasteiger partial charge in [0.1, 0.15) is 11.9 Å². The number of carbonyl (C=O) groups excluding carboxylic acids is 1. The van der Waals surface area contributed by atoms with Crippen LogP contribution in [0, 0.1) is 6.92 Å². The first kappa shape index (κ1) is 22.6. The summed E-state index contributed by atoms with van der Waals surface area (Å²) in [6.07, 6.45) is 2.35. The minimum absolute atomic E-state index is 0.0371. The van der Waals surface area contributed by atoms with E-state index in [2.05, 4.69) is 52.7 Å². The van der Waals surface area contributed by atoms with Crippen LogP contribution in [-0.2, 0) is 6.54 Å². The van der Waals surface area contributed by atoms with Gasteiger partial charge < -0.3 is 10.1 Å². The lowest BCUT2D eigenvalue weighted by atomic mass is 9.89. The van der Waals surface area contributed by atoms with E-state index in [1.807, 2.05) is 38.1 Å². The van der Waals surface area contributed by atoms with Gasteiger partial charge in [-0.05, 0) is 81.1 Å². The highest BCUT2D eigenvalue weighted by Gasteiger charge is 2.20. The molecule has 1 aliphatic heterocycles. The zero-order valence-corrected chi connectivity index (χ0v) is 19.7. The van der Waals surface area contributed by atoms with Crippen LogP contribution in [0.25, 0.3) is 0 Å². The second-order valence-electron chi connectivity index (χ2n) is 8.65. The van der Waals surface area contributed by atoms with E-state index in [4.69, 9.17) is 4.74 Å². The maximum absolute atomic E-state index is 12.2. The summed E-state index contributed by atoms with van der Waals surface area (Å²) in [6.45, 7) is 7.71. The number of aryl methyl sites for hydroxylation is 1. The van der Waals surface area contributed by atoms with Crippen LogP contribution in [0.1, 0.15) is 51.4 Å². The average molecular weight is 449 g/mol. The molecular weight excluding hydrogens is 416 g/mol. The standard InChI is InChI=1S/C27H32N2O2S/c1-20(18-28-27(30)26-13-8-21(2)32-26)31-25-11-9-22(10-12-25)19-29-16-14-24(15-17-29)23-6-4-3-5-7-23/h3-13,20,24H,14-19H2,1-2H3,(H,28,30)/t20-/m1/s1. The lowest BCUT2D eigenvalue weighted by Gasteiger charge is -2.32. The summed E-state index contributed by atoms with van der Waals surface area (Å²) in [6, 6.07) is 23.1. The number of likely N-dealkylation sites (tertiary alicyclic amines) is 1. The Labute approximate surface area is 195 Å². The van der Waals surface area contributed by atoms with Crippen molar-refractivity contribution in [3.05, 3.63) is 87.6 Å². The molecule has 0 unspecified atom stereocenters. The average Bonchev–Trinajstić information content (AvgIpc) is 3.26. The third-order valence-corrected chi connectivity index (χ3v) is 7.04. The highest BCUT2D eigenvalue weighted by Crippen LogP contribution is 2.28. The van der Waals surface area contributed by atoms with Gasteiger partial charge in [-0.15, -0.1) is 11.3 Å². The van der Waals surface area contributed by atoms with E-state index >= 15 is 0 Å². The minimum Gasteiger partial charge on any atom is -0.489 e. The van der Waals surface area contributed by atoms with Gasteiger partial charge in [-0.25, -0.2) is 0 Å². The molecule has 2 aromatic carbocycles. The van der Waals surface area contributed by atoms with Crippen molar-refractivity contribution in [2.75, 3.05) is 19.6 Å². The van der Waals surface area contributed by atoms with Crippen LogP contribution in [0.2, 0.25) is 0 Å². The molecule has 1 aromatic heterocycles. The molecule has 0 bridgehead atoms. The smallest absolute Gasteiger partial charge is 0.261 e. The van der Waals surface area contributed by atoms with Crippen molar-refractivity contribution < 1.29 is 9.53 Å². The Morgan fingerprint density at radius 2 is 1.78 bits per heavy atom. The fourth-order valence-electron chi connectivity index (χ4n) is 4.24. The monoisotopic (exact) mass is 448 g/mol. The van der Waals surface area contributed by atoms with Gasteiger partial charge in [-0.1, -0.05) is 42.5 Å². The van der Waals surface area contributed by atoms with Crippen LogP contribution >= 0.6 is 11.3 Å². The van der Waals surface area contributed by atoms with Crippen LogP contribution in [0.4, 0.5) is 0 Å². The lowest BCUT2D eigenvalue weighted by molar-refractivity contribution is 0.0936. The van der Waals surface area contributed by atoms with Gasteiger partial charge in [0.2, 0.25) is 0 Å². The highest BCUT2D eigenvalue weighted by molar-refractivity contribution is 7.13. The van der Waals surface area contributed by atoms with Crippen LogP contribution < -0.4 is 10.1 Å². The fourth-order valence-corrected chi connectivity index (χ4v) is 5.02. The van der Waals surface area contributed by atoms with Crippen molar-refractivity contribution >= 4 is 17.2 Å². The normalized spacial score (nSPS) is 15.9. The molecule has 0 radical (unpaired) electrons. The molecule has 32 heavy (non-hydrogen) atoms. The molecule has 4 nitrogen and oxygen atoms in total. The number of nitrogens with one attached hydrogen (secondary N) is 1. The Kier molecular flexibility index (Phi) is 7.61. The number of ether oxygens (including phenoxy) is 1. The van der Waals surface area contributed by atoms with E-state index in [-0.39, 0.29) is 12.0 Å². The van der Waals surface area contributed by atoms with E-state index in [0.29, 0.717) is 12.5 Å². The Balaban J connectivity index is 1.20. The number of hydrogen-bond donors (Lipinski definition) is 1. The van der Waals surface area contributed by atoms with E-state index in [1.54, 1.807) is 0 Å². The Morgan fingerprint density at radius 1 is 1.06 bits per heavy atom. The van der Waals surface area contributed by atoms with Gasteiger partial charge in [-0.3, -0.25) is 9.69 Å². The topological polar surface area (TPSA) is 41.6 Å². The molecule has 3 aromatic rings. The second-order valence-corrected chi connectivity index (χ2v) is 9.94. The van der Waals surface area contributed by atoms with Gasteiger partial charge >= 0.3 is 0 Å². The van der Waals surface area contributed by atoms with Crippen LogP contribution in [0.5, 0.6) is 5.75 Å². The summed E-state index contributed by atoms with van der Waals surface area (Å²) >= 11 is 1.51. The molecule has 1 N–H and O–H groups in total. The van der Waals surface area contributed by atoms with Crippen LogP contribution in [-0.4, -0.2) is 36.5 Å². The largest absolute Gasteiger partial charge is 0.489 e. The number of rotatable bonds is 8. The molecule has 1 fully saturated rings. The summed E-state index contributed by atoms with van der Waals surface area (Å²) in [5.74, 6) is 1.49. The SMILES string of the molecule is Cc1ccc(C(=O)NC[C@@H](C)Oc2ccc(CN3CCC(c4ccccc4)CC3)cc2)s1. The molecule has 1 aliphatic rings. The fraction of sp³-hybridized carbons (Fsp3) is 0.370. The highest BCUT2D eigenvalue weighted by atomic mass is 32.1. The zero-order chi connectivity index (χ0) is 22.3. The summed E-state index contributed by atoms with van der Waals surface area (Å²) in [5.41, 5.74) is 2.79. The minimum atomic E-state index is -0.0946. The molecule has 4 rings (SSSR count). The molecule has 0 spiro atoms. The number of carbonyl (C=O) groups is 1. The van der Waals surface area contributed by atoms with Crippen molar-refractivity contribution in [1.29, 1.82) is 0 Å². The molecule has 0 aliphatic carbocycles. The quantitative estimate of drug-likeness (QED) is 0.485. The van der Waals surface area contributed by atoms with Gasteiger partial charge in [0.05, 0.1) is 11.4 Å². The summed E-state index contributed by atoms with van der Waals surface area (Å²) in [5, 5.41) is 2.95. The number of nitrogens with zero attached hydrogens (tertiary/aromatic N) is 1. The van der Waals surface area contributed by atoms with Gasteiger partial charge in [0, 0.05) is 11.4 Å². The maximum Gasteiger partial charge on any atom is 0.261 e. The molecule has 168 valence electrons. The second kappa shape index (κ2) is 10.8. The van der Waals surface area contributed by atoms with E-state index in [9.17, 15) is 4.79 Å².